The molecule has 0 unspecified atom stereocenters. The molecule has 0 heterocycles. The van der Waals surface area contributed by atoms with E-state index in [1.54, 1.807) is 62.8 Å². The van der Waals surface area contributed by atoms with Gasteiger partial charge in [0.25, 0.3) is 0 Å². The minimum absolute atomic E-state index is 0.581. The summed E-state index contributed by atoms with van der Waals surface area (Å²) in [4.78, 5) is 0. The van der Waals surface area contributed by atoms with Crippen molar-refractivity contribution in [1.29, 1.82) is 0 Å². The summed E-state index contributed by atoms with van der Waals surface area (Å²) in [5, 5.41) is 23.4. The first-order valence-electron chi connectivity index (χ1n) is 11.4. The van der Waals surface area contributed by atoms with Crippen molar-refractivity contribution in [3.05, 3.63) is 131 Å². The number of hydrogen-bond donors (Lipinski definition) is 2. The number of hydrogen-bond acceptors (Lipinski definition) is 4. The zero-order valence-electron chi connectivity index (χ0n) is 20.1. The third-order valence-electron chi connectivity index (χ3n) is 5.95. The average Bonchev–Trinajstić information content (AvgIpc) is 2.96. The van der Waals surface area contributed by atoms with E-state index in [1.807, 2.05) is 60.7 Å². The fraction of sp³-hybridized carbons (Fsp3) is 0.125. The van der Waals surface area contributed by atoms with E-state index in [2.05, 4.69) is 23.7 Å². The number of methoxy groups -OCH3 is 2. The van der Waals surface area contributed by atoms with Crippen molar-refractivity contribution in [2.24, 2.45) is 0 Å². The summed E-state index contributed by atoms with van der Waals surface area (Å²) in [6.45, 7) is 0. The van der Waals surface area contributed by atoms with Gasteiger partial charge in [0.05, 0.1) is 14.2 Å². The Hall–Kier alpha value is -4.48. The summed E-state index contributed by atoms with van der Waals surface area (Å²) >= 11 is 0. The molecule has 4 heteroatoms. The van der Waals surface area contributed by atoms with Gasteiger partial charge < -0.3 is 19.7 Å². The van der Waals surface area contributed by atoms with Gasteiger partial charge in [-0.3, -0.25) is 0 Å². The summed E-state index contributed by atoms with van der Waals surface area (Å²) in [5.74, 6) is 12.8. The Morgan fingerprint density at radius 2 is 0.778 bits per heavy atom. The fourth-order valence-electron chi connectivity index (χ4n) is 3.89. The molecule has 0 spiro atoms. The van der Waals surface area contributed by atoms with Crippen molar-refractivity contribution < 1.29 is 19.7 Å². The van der Waals surface area contributed by atoms with Crippen LogP contribution in [0.1, 0.15) is 22.3 Å². The Balaban J connectivity index is 1.78. The van der Waals surface area contributed by atoms with Gasteiger partial charge in [0.1, 0.15) is 11.5 Å². The SMILES string of the molecule is COc1ccc([C@](O)(C#CC#C[C@](O)(c2ccccc2)c2ccc(OC)cc2)c2ccccc2)cc1. The first-order chi connectivity index (χ1) is 17.5. The van der Waals surface area contributed by atoms with Gasteiger partial charge in [-0.25, -0.2) is 0 Å². The van der Waals surface area contributed by atoms with Crippen molar-refractivity contribution in [3.8, 4) is 35.2 Å². The van der Waals surface area contributed by atoms with Gasteiger partial charge in [-0.1, -0.05) is 84.9 Å². The third kappa shape index (κ3) is 5.11. The lowest BCUT2D eigenvalue weighted by atomic mass is 9.86. The van der Waals surface area contributed by atoms with E-state index in [1.165, 1.54) is 0 Å². The molecule has 0 saturated heterocycles. The molecule has 0 bridgehead atoms. The van der Waals surface area contributed by atoms with Crippen molar-refractivity contribution in [3.63, 3.8) is 0 Å². The van der Waals surface area contributed by atoms with Crippen LogP contribution in [0.15, 0.2) is 109 Å². The molecule has 0 aromatic heterocycles. The molecule has 4 rings (SSSR count). The number of benzene rings is 4. The second kappa shape index (κ2) is 10.8. The van der Waals surface area contributed by atoms with E-state index < -0.39 is 11.2 Å². The van der Waals surface area contributed by atoms with Gasteiger partial charge in [-0.15, -0.1) is 0 Å². The molecule has 2 N–H and O–H groups in total. The minimum atomic E-state index is -1.60. The highest BCUT2D eigenvalue weighted by molar-refractivity contribution is 5.51. The molecule has 0 radical (unpaired) electrons. The fourth-order valence-corrected chi connectivity index (χ4v) is 3.89. The highest BCUT2D eigenvalue weighted by Crippen LogP contribution is 2.31. The number of ether oxygens (including phenoxy) is 2. The standard InChI is InChI=1S/C32H26O4/c1-35-29-19-15-27(16-20-29)31(33,25-11-5-3-6-12-25)23-9-10-24-32(34,26-13-7-4-8-14-26)28-17-21-30(36-2)22-18-28/h3-8,11-22,33-34H,1-2H3/t31-,32-/m0/s1. The highest BCUT2D eigenvalue weighted by Gasteiger charge is 2.31. The van der Waals surface area contributed by atoms with Crippen molar-refractivity contribution >= 4 is 0 Å². The van der Waals surface area contributed by atoms with Crippen LogP contribution in [0.25, 0.3) is 0 Å². The van der Waals surface area contributed by atoms with Gasteiger partial charge in [-0.05, 0) is 47.9 Å². The second-order valence-electron chi connectivity index (χ2n) is 8.11. The molecule has 36 heavy (non-hydrogen) atoms. The second-order valence-corrected chi connectivity index (χ2v) is 8.11. The van der Waals surface area contributed by atoms with Gasteiger partial charge in [0, 0.05) is 22.3 Å². The van der Waals surface area contributed by atoms with Crippen molar-refractivity contribution in [2.75, 3.05) is 14.2 Å². The summed E-state index contributed by atoms with van der Waals surface area (Å²) in [5.41, 5.74) is -0.828. The van der Waals surface area contributed by atoms with Gasteiger partial charge in [-0.2, -0.15) is 0 Å². The molecule has 0 aliphatic heterocycles. The lowest BCUT2D eigenvalue weighted by Gasteiger charge is -2.24. The van der Waals surface area contributed by atoms with Crippen molar-refractivity contribution in [2.45, 2.75) is 11.2 Å². The lowest BCUT2D eigenvalue weighted by Crippen LogP contribution is -2.25. The Morgan fingerprint density at radius 3 is 1.08 bits per heavy atom. The van der Waals surface area contributed by atoms with Crippen LogP contribution in [-0.4, -0.2) is 24.4 Å². The molecule has 0 aliphatic carbocycles. The molecule has 2 atom stereocenters. The summed E-state index contributed by atoms with van der Waals surface area (Å²) in [6.07, 6.45) is 0. The van der Waals surface area contributed by atoms with Gasteiger partial charge >= 0.3 is 0 Å². The zero-order valence-corrected chi connectivity index (χ0v) is 20.1. The van der Waals surface area contributed by atoms with E-state index in [-0.39, 0.29) is 0 Å². The Morgan fingerprint density at radius 1 is 0.472 bits per heavy atom. The Labute approximate surface area is 211 Å². The first kappa shape index (κ1) is 24.6. The predicted octanol–water partition coefficient (Wildman–Crippen LogP) is 4.88. The maximum absolute atomic E-state index is 11.7. The number of rotatable bonds is 6. The smallest absolute Gasteiger partial charge is 0.177 e. The molecule has 0 aliphatic rings. The van der Waals surface area contributed by atoms with Gasteiger partial charge in [0.15, 0.2) is 11.2 Å². The first-order valence-corrected chi connectivity index (χ1v) is 11.4. The Kier molecular flexibility index (Phi) is 7.42. The number of aliphatic hydroxyl groups is 2. The lowest BCUT2D eigenvalue weighted by molar-refractivity contribution is 0.144. The maximum Gasteiger partial charge on any atom is 0.177 e. The van der Waals surface area contributed by atoms with E-state index in [0.717, 1.165) is 0 Å². The molecule has 0 saturated carbocycles. The summed E-state index contributed by atoms with van der Waals surface area (Å²) < 4.78 is 10.5. The normalized spacial score (nSPS) is 13.6. The summed E-state index contributed by atoms with van der Waals surface area (Å²) in [7, 11) is 3.18. The van der Waals surface area contributed by atoms with Crippen LogP contribution >= 0.6 is 0 Å². The predicted molar refractivity (Wildman–Crippen MR) is 140 cm³/mol. The quantitative estimate of drug-likeness (QED) is 0.391. The molecule has 0 amide bonds. The molecule has 0 fully saturated rings. The third-order valence-corrected chi connectivity index (χ3v) is 5.95. The van der Waals surface area contributed by atoms with Gasteiger partial charge in [0.2, 0.25) is 0 Å². The largest absolute Gasteiger partial charge is 0.497 e. The van der Waals surface area contributed by atoms with E-state index >= 15 is 0 Å². The van der Waals surface area contributed by atoms with Crippen LogP contribution in [-0.2, 0) is 11.2 Å². The average molecular weight is 475 g/mol. The molecule has 4 nitrogen and oxygen atoms in total. The Bertz CT molecular complexity index is 1290. The molecule has 4 aromatic rings. The van der Waals surface area contributed by atoms with Crippen LogP contribution in [0, 0.1) is 23.7 Å². The monoisotopic (exact) mass is 474 g/mol. The van der Waals surface area contributed by atoms with Crippen LogP contribution in [0.4, 0.5) is 0 Å². The van der Waals surface area contributed by atoms with Crippen LogP contribution in [0.3, 0.4) is 0 Å². The zero-order chi connectivity index (χ0) is 25.4. The topological polar surface area (TPSA) is 58.9 Å². The molecular formula is C32H26O4. The molecule has 178 valence electrons. The molecular weight excluding hydrogens is 448 g/mol. The summed E-state index contributed by atoms with van der Waals surface area (Å²) in [6, 6.07) is 32.5. The maximum atomic E-state index is 11.7. The molecule has 4 aromatic carbocycles. The van der Waals surface area contributed by atoms with Crippen LogP contribution < -0.4 is 9.47 Å². The van der Waals surface area contributed by atoms with Crippen molar-refractivity contribution in [1.82, 2.24) is 0 Å². The van der Waals surface area contributed by atoms with Crippen LogP contribution in [0.2, 0.25) is 0 Å². The van der Waals surface area contributed by atoms with E-state index in [9.17, 15) is 10.2 Å². The van der Waals surface area contributed by atoms with E-state index in [4.69, 9.17) is 9.47 Å². The van der Waals surface area contributed by atoms with Crippen LogP contribution in [0.5, 0.6) is 11.5 Å². The highest BCUT2D eigenvalue weighted by atomic mass is 16.5. The minimum Gasteiger partial charge on any atom is -0.497 e. The van der Waals surface area contributed by atoms with E-state index in [0.29, 0.717) is 33.8 Å².